The summed E-state index contributed by atoms with van der Waals surface area (Å²) in [4.78, 5) is 2.50. The number of piperidine rings is 1. The van der Waals surface area contributed by atoms with Gasteiger partial charge in [-0.2, -0.15) is 0 Å². The fourth-order valence-electron chi connectivity index (χ4n) is 2.48. The van der Waals surface area contributed by atoms with E-state index in [1.165, 1.54) is 32.4 Å². The van der Waals surface area contributed by atoms with Crippen molar-refractivity contribution in [2.75, 3.05) is 31.5 Å². The van der Waals surface area contributed by atoms with Crippen LogP contribution >= 0.6 is 0 Å². The van der Waals surface area contributed by atoms with Crippen LogP contribution in [0.5, 0.6) is 5.75 Å². The summed E-state index contributed by atoms with van der Waals surface area (Å²) in [5, 5.41) is 3.26. The Kier molecular flexibility index (Phi) is 2.74. The van der Waals surface area contributed by atoms with E-state index in [0.717, 1.165) is 24.7 Å². The summed E-state index contributed by atoms with van der Waals surface area (Å²) in [6.45, 7) is 4.31. The molecule has 2 aliphatic heterocycles. The molecule has 1 fully saturated rings. The van der Waals surface area contributed by atoms with Crippen LogP contribution in [0, 0.1) is 0 Å². The summed E-state index contributed by atoms with van der Waals surface area (Å²) in [7, 11) is 0. The second-order valence-corrected chi connectivity index (χ2v) is 4.60. The topological polar surface area (TPSA) is 37.6 Å². The highest BCUT2D eigenvalue weighted by Gasteiger charge is 2.24. The molecule has 3 rings (SSSR count). The number of nitrogens with one attached hydrogen (secondary N) is 1. The van der Waals surface area contributed by atoms with E-state index in [-0.39, 0.29) is 6.10 Å². The Balaban J connectivity index is 1.57. The van der Waals surface area contributed by atoms with E-state index in [1.54, 1.807) is 6.26 Å². The van der Waals surface area contributed by atoms with Gasteiger partial charge in [0.15, 0.2) is 5.75 Å². The first kappa shape index (κ1) is 10.0. The molecule has 16 heavy (non-hydrogen) atoms. The number of rotatable bonds is 2. The molecule has 0 aromatic carbocycles. The molecule has 1 aromatic heterocycles. The van der Waals surface area contributed by atoms with Gasteiger partial charge in [0.25, 0.3) is 0 Å². The van der Waals surface area contributed by atoms with E-state index in [2.05, 4.69) is 10.2 Å². The van der Waals surface area contributed by atoms with Crippen molar-refractivity contribution in [2.24, 2.45) is 0 Å². The molecular formula is C12H18N2O2. The van der Waals surface area contributed by atoms with E-state index >= 15 is 0 Å². The van der Waals surface area contributed by atoms with Crippen LogP contribution in [0.1, 0.15) is 19.3 Å². The maximum absolute atomic E-state index is 5.88. The van der Waals surface area contributed by atoms with Crippen molar-refractivity contribution in [3.05, 3.63) is 12.3 Å². The van der Waals surface area contributed by atoms with E-state index in [1.807, 2.05) is 6.07 Å². The molecule has 0 bridgehead atoms. The highest BCUT2D eigenvalue weighted by atomic mass is 16.5. The van der Waals surface area contributed by atoms with Gasteiger partial charge in [-0.15, -0.1) is 0 Å². The zero-order valence-corrected chi connectivity index (χ0v) is 9.45. The predicted molar refractivity (Wildman–Crippen MR) is 61.9 cm³/mol. The van der Waals surface area contributed by atoms with Crippen molar-refractivity contribution < 1.29 is 9.15 Å². The van der Waals surface area contributed by atoms with Gasteiger partial charge < -0.3 is 14.5 Å². The fourth-order valence-corrected chi connectivity index (χ4v) is 2.48. The van der Waals surface area contributed by atoms with Crippen molar-refractivity contribution in [1.29, 1.82) is 0 Å². The van der Waals surface area contributed by atoms with E-state index in [4.69, 9.17) is 9.15 Å². The SMILES string of the molecule is c1cc2c(o1)NCC(CN1CCCCC1)O2. The molecule has 1 saturated heterocycles. The molecule has 1 N–H and O–H groups in total. The Morgan fingerprint density at radius 3 is 3.06 bits per heavy atom. The Hall–Kier alpha value is -1.16. The first-order valence-corrected chi connectivity index (χ1v) is 6.12. The highest BCUT2D eigenvalue weighted by Crippen LogP contribution is 2.30. The molecule has 1 atom stereocenters. The Morgan fingerprint density at radius 1 is 1.31 bits per heavy atom. The Bertz CT molecular complexity index is 345. The molecule has 0 saturated carbocycles. The zero-order chi connectivity index (χ0) is 10.8. The van der Waals surface area contributed by atoms with Crippen LogP contribution in [0.15, 0.2) is 16.7 Å². The van der Waals surface area contributed by atoms with Gasteiger partial charge in [0.05, 0.1) is 12.8 Å². The Labute approximate surface area is 95.6 Å². The minimum absolute atomic E-state index is 0.253. The summed E-state index contributed by atoms with van der Waals surface area (Å²) in [6, 6.07) is 1.88. The van der Waals surface area contributed by atoms with Gasteiger partial charge >= 0.3 is 0 Å². The average molecular weight is 222 g/mol. The van der Waals surface area contributed by atoms with Crippen LogP contribution in [0.25, 0.3) is 0 Å². The second-order valence-electron chi connectivity index (χ2n) is 4.60. The molecular weight excluding hydrogens is 204 g/mol. The van der Waals surface area contributed by atoms with Crippen molar-refractivity contribution in [3.63, 3.8) is 0 Å². The van der Waals surface area contributed by atoms with Gasteiger partial charge in [0.1, 0.15) is 6.10 Å². The minimum atomic E-state index is 0.253. The van der Waals surface area contributed by atoms with Crippen LogP contribution < -0.4 is 10.1 Å². The van der Waals surface area contributed by atoms with Crippen molar-refractivity contribution in [2.45, 2.75) is 25.4 Å². The number of anilines is 1. The number of ether oxygens (including phenoxy) is 1. The van der Waals surface area contributed by atoms with Gasteiger partial charge in [0, 0.05) is 12.6 Å². The molecule has 4 nitrogen and oxygen atoms in total. The summed E-state index contributed by atoms with van der Waals surface area (Å²) in [6.07, 6.45) is 5.96. The third-order valence-electron chi connectivity index (χ3n) is 3.32. The maximum atomic E-state index is 5.88. The van der Waals surface area contributed by atoms with Crippen LogP contribution in [0.4, 0.5) is 5.88 Å². The van der Waals surface area contributed by atoms with Crippen LogP contribution in [0.2, 0.25) is 0 Å². The lowest BCUT2D eigenvalue weighted by atomic mass is 10.1. The molecule has 1 unspecified atom stereocenters. The number of hydrogen-bond acceptors (Lipinski definition) is 4. The maximum Gasteiger partial charge on any atom is 0.235 e. The van der Waals surface area contributed by atoms with Crippen molar-refractivity contribution in [1.82, 2.24) is 4.90 Å². The summed E-state index contributed by atoms with van der Waals surface area (Å²) >= 11 is 0. The first-order valence-electron chi connectivity index (χ1n) is 6.12. The molecule has 88 valence electrons. The van der Waals surface area contributed by atoms with Gasteiger partial charge in [-0.05, 0) is 25.9 Å². The average Bonchev–Trinajstić information content (AvgIpc) is 2.77. The van der Waals surface area contributed by atoms with Gasteiger partial charge in [-0.3, -0.25) is 4.90 Å². The standard InChI is InChI=1S/C12H18N2O2/c1-2-5-14(6-3-1)9-10-8-13-12-11(16-10)4-7-15-12/h4,7,10,13H,1-3,5-6,8-9H2. The zero-order valence-electron chi connectivity index (χ0n) is 9.45. The van der Waals surface area contributed by atoms with Crippen LogP contribution in [-0.2, 0) is 0 Å². The lowest BCUT2D eigenvalue weighted by molar-refractivity contribution is 0.120. The summed E-state index contributed by atoms with van der Waals surface area (Å²) in [5.74, 6) is 1.63. The Morgan fingerprint density at radius 2 is 2.19 bits per heavy atom. The minimum Gasteiger partial charge on any atom is -0.482 e. The third kappa shape index (κ3) is 2.02. The lowest BCUT2D eigenvalue weighted by Gasteiger charge is -2.32. The first-order chi connectivity index (χ1) is 7.92. The number of nitrogens with zero attached hydrogens (tertiary/aromatic N) is 1. The van der Waals surface area contributed by atoms with Crippen molar-refractivity contribution in [3.8, 4) is 5.75 Å². The number of likely N-dealkylation sites (tertiary alicyclic amines) is 1. The molecule has 0 radical (unpaired) electrons. The van der Waals surface area contributed by atoms with E-state index in [9.17, 15) is 0 Å². The van der Waals surface area contributed by atoms with Crippen LogP contribution in [-0.4, -0.2) is 37.2 Å². The largest absolute Gasteiger partial charge is 0.482 e. The highest BCUT2D eigenvalue weighted by molar-refractivity contribution is 5.49. The van der Waals surface area contributed by atoms with Gasteiger partial charge in [0.2, 0.25) is 5.88 Å². The third-order valence-corrected chi connectivity index (χ3v) is 3.32. The molecule has 0 aliphatic carbocycles. The molecule has 4 heteroatoms. The molecule has 0 amide bonds. The monoisotopic (exact) mass is 222 g/mol. The number of fused-ring (bicyclic) bond motifs is 1. The summed E-state index contributed by atoms with van der Waals surface area (Å²) < 4.78 is 11.1. The van der Waals surface area contributed by atoms with Crippen molar-refractivity contribution >= 4 is 5.88 Å². The van der Waals surface area contributed by atoms with Gasteiger partial charge in [-0.1, -0.05) is 6.42 Å². The number of hydrogen-bond donors (Lipinski definition) is 1. The summed E-state index contributed by atoms with van der Waals surface area (Å²) in [5.41, 5.74) is 0. The molecule has 2 aliphatic rings. The molecule has 3 heterocycles. The lowest BCUT2D eigenvalue weighted by Crippen LogP contribution is -2.43. The van der Waals surface area contributed by atoms with E-state index < -0.39 is 0 Å². The molecule has 1 aromatic rings. The fraction of sp³-hybridized carbons (Fsp3) is 0.667. The second kappa shape index (κ2) is 4.37. The molecule has 0 spiro atoms. The quantitative estimate of drug-likeness (QED) is 0.829. The smallest absolute Gasteiger partial charge is 0.235 e. The predicted octanol–water partition coefficient (Wildman–Crippen LogP) is 1.94. The van der Waals surface area contributed by atoms with Gasteiger partial charge in [-0.25, -0.2) is 0 Å². The van der Waals surface area contributed by atoms with E-state index in [0.29, 0.717) is 0 Å². The number of furan rings is 1. The normalized spacial score (nSPS) is 25.6. The van der Waals surface area contributed by atoms with Crippen LogP contribution in [0.3, 0.4) is 0 Å².